The lowest BCUT2D eigenvalue weighted by molar-refractivity contribution is 1.34. The monoisotopic (exact) mass is 596 g/mol. The first-order chi connectivity index (χ1) is 5.04. The number of rotatable bonds is 0. The van der Waals surface area contributed by atoms with E-state index in [2.05, 4.69) is 103 Å². The van der Waals surface area contributed by atoms with Gasteiger partial charge in [-0.2, -0.15) is 0 Å². The standard InChI is InChI=1S/C7H4I4/c1-3-4(8)2-5(9)7(11)6(3)10/h2H,1H3. The Labute approximate surface area is 121 Å². The zero-order valence-corrected chi connectivity index (χ0v) is 14.2. The highest BCUT2D eigenvalue weighted by atomic mass is 127. The van der Waals surface area contributed by atoms with Crippen molar-refractivity contribution < 1.29 is 0 Å². The molecule has 0 amide bonds. The zero-order chi connectivity index (χ0) is 8.59. The Balaban J connectivity index is 3.46. The van der Waals surface area contributed by atoms with Gasteiger partial charge in [0.05, 0.1) is 0 Å². The van der Waals surface area contributed by atoms with E-state index >= 15 is 0 Å². The molecule has 60 valence electrons. The van der Waals surface area contributed by atoms with Crippen molar-refractivity contribution in [2.24, 2.45) is 0 Å². The third-order valence-electron chi connectivity index (χ3n) is 1.34. The van der Waals surface area contributed by atoms with Gasteiger partial charge in [-0.25, -0.2) is 0 Å². The predicted molar refractivity (Wildman–Crippen MR) is 82.0 cm³/mol. The van der Waals surface area contributed by atoms with E-state index < -0.39 is 0 Å². The molecule has 0 saturated carbocycles. The highest BCUT2D eigenvalue weighted by Crippen LogP contribution is 2.27. The van der Waals surface area contributed by atoms with Crippen LogP contribution in [-0.2, 0) is 0 Å². The normalized spacial score (nSPS) is 10.3. The lowest BCUT2D eigenvalue weighted by atomic mass is 10.2. The molecule has 0 nitrogen and oxygen atoms in total. The Morgan fingerprint density at radius 2 is 1.45 bits per heavy atom. The molecule has 1 aromatic rings. The van der Waals surface area contributed by atoms with E-state index in [4.69, 9.17) is 0 Å². The van der Waals surface area contributed by atoms with Crippen molar-refractivity contribution >= 4 is 90.4 Å². The summed E-state index contributed by atoms with van der Waals surface area (Å²) in [5.41, 5.74) is 1.40. The van der Waals surface area contributed by atoms with Gasteiger partial charge in [0.1, 0.15) is 0 Å². The van der Waals surface area contributed by atoms with Crippen molar-refractivity contribution in [3.63, 3.8) is 0 Å². The smallest absolute Gasteiger partial charge is 0.0400 e. The quantitative estimate of drug-likeness (QED) is 0.237. The molecule has 11 heavy (non-hydrogen) atoms. The summed E-state index contributed by atoms with van der Waals surface area (Å²) in [6.45, 7) is 2.17. The fourth-order valence-corrected chi connectivity index (χ4v) is 4.59. The van der Waals surface area contributed by atoms with Crippen LogP contribution in [0.1, 0.15) is 5.56 Å². The van der Waals surface area contributed by atoms with Gasteiger partial charge in [-0.15, -0.1) is 0 Å². The molecule has 0 aliphatic carbocycles. The highest BCUT2D eigenvalue weighted by molar-refractivity contribution is 14.1. The Kier molecular flexibility index (Phi) is 4.67. The molecule has 1 aromatic carbocycles. The van der Waals surface area contributed by atoms with E-state index in [-0.39, 0.29) is 0 Å². The molecule has 0 radical (unpaired) electrons. The van der Waals surface area contributed by atoms with Crippen LogP contribution < -0.4 is 0 Å². The molecule has 0 heterocycles. The van der Waals surface area contributed by atoms with Gasteiger partial charge in [-0.1, -0.05) is 0 Å². The maximum Gasteiger partial charge on any atom is 0.0400 e. The van der Waals surface area contributed by atoms with Crippen LogP contribution in [0.2, 0.25) is 0 Å². The summed E-state index contributed by atoms with van der Waals surface area (Å²) in [4.78, 5) is 0. The van der Waals surface area contributed by atoms with Gasteiger partial charge in [0, 0.05) is 14.3 Å². The zero-order valence-electron chi connectivity index (χ0n) is 5.59. The average molecular weight is 596 g/mol. The molecular formula is C7H4I4. The molecule has 0 N–H and O–H groups in total. The third kappa shape index (κ3) is 2.55. The lowest BCUT2D eigenvalue weighted by Crippen LogP contribution is -1.92. The van der Waals surface area contributed by atoms with Crippen LogP contribution in [-0.4, -0.2) is 0 Å². The lowest BCUT2D eigenvalue weighted by Gasteiger charge is -2.05. The SMILES string of the molecule is Cc1c(I)cc(I)c(I)c1I. The summed E-state index contributed by atoms with van der Waals surface area (Å²) in [5.74, 6) is 0. The van der Waals surface area contributed by atoms with Crippen LogP contribution in [0, 0.1) is 21.2 Å². The topological polar surface area (TPSA) is 0 Å². The summed E-state index contributed by atoms with van der Waals surface area (Å²) in [5, 5.41) is 0. The Bertz CT molecular complexity index is 267. The van der Waals surface area contributed by atoms with Gasteiger partial charge in [0.2, 0.25) is 0 Å². The van der Waals surface area contributed by atoms with Gasteiger partial charge >= 0.3 is 0 Å². The van der Waals surface area contributed by atoms with Gasteiger partial charge in [0.15, 0.2) is 0 Å². The summed E-state index contributed by atoms with van der Waals surface area (Å²) in [7, 11) is 0. The summed E-state index contributed by atoms with van der Waals surface area (Å²) in [6.07, 6.45) is 0. The molecule has 0 fully saturated rings. The number of halogens is 4. The van der Waals surface area contributed by atoms with E-state index in [0.29, 0.717) is 0 Å². The number of hydrogen-bond donors (Lipinski definition) is 0. The summed E-state index contributed by atoms with van der Waals surface area (Å²) >= 11 is 9.55. The summed E-state index contributed by atoms with van der Waals surface area (Å²) in [6, 6.07) is 2.22. The fourth-order valence-electron chi connectivity index (χ4n) is 0.657. The molecule has 0 aliphatic rings. The van der Waals surface area contributed by atoms with Crippen LogP contribution in [0.25, 0.3) is 0 Å². The van der Waals surface area contributed by atoms with Crippen LogP contribution >= 0.6 is 90.4 Å². The maximum absolute atomic E-state index is 2.40. The molecule has 0 spiro atoms. The largest absolute Gasteiger partial charge is 0.0439 e. The summed E-state index contributed by atoms with van der Waals surface area (Å²) < 4.78 is 5.47. The van der Waals surface area contributed by atoms with Crippen LogP contribution in [0.5, 0.6) is 0 Å². The molecule has 4 heteroatoms. The minimum absolute atomic E-state index is 1.35. The fraction of sp³-hybridized carbons (Fsp3) is 0.143. The highest BCUT2D eigenvalue weighted by Gasteiger charge is 2.07. The van der Waals surface area contributed by atoms with E-state index in [1.807, 2.05) is 0 Å². The van der Waals surface area contributed by atoms with Crippen molar-refractivity contribution in [3.8, 4) is 0 Å². The minimum atomic E-state index is 1.35. The van der Waals surface area contributed by atoms with E-state index in [1.165, 1.54) is 19.8 Å². The molecule has 0 atom stereocenters. The van der Waals surface area contributed by atoms with E-state index in [1.54, 1.807) is 0 Å². The van der Waals surface area contributed by atoms with Crippen molar-refractivity contribution in [2.45, 2.75) is 6.92 Å². The van der Waals surface area contributed by atoms with E-state index in [0.717, 1.165) is 0 Å². The predicted octanol–water partition coefficient (Wildman–Crippen LogP) is 4.41. The number of hydrogen-bond acceptors (Lipinski definition) is 0. The second kappa shape index (κ2) is 4.58. The minimum Gasteiger partial charge on any atom is -0.0439 e. The van der Waals surface area contributed by atoms with Crippen LogP contribution in [0.3, 0.4) is 0 Å². The molecule has 0 unspecified atom stereocenters. The molecule has 0 saturated heterocycles. The molecular weight excluding hydrogens is 592 g/mol. The van der Waals surface area contributed by atoms with Gasteiger partial charge in [-0.05, 0) is 109 Å². The van der Waals surface area contributed by atoms with Gasteiger partial charge < -0.3 is 0 Å². The van der Waals surface area contributed by atoms with Crippen LogP contribution in [0.15, 0.2) is 6.07 Å². The van der Waals surface area contributed by atoms with Gasteiger partial charge in [0.25, 0.3) is 0 Å². The first-order valence-electron chi connectivity index (χ1n) is 2.83. The second-order valence-corrected chi connectivity index (χ2v) is 6.58. The molecule has 0 aromatic heterocycles. The first kappa shape index (κ1) is 11.2. The van der Waals surface area contributed by atoms with Crippen LogP contribution in [0.4, 0.5) is 0 Å². The molecule has 0 aliphatic heterocycles. The van der Waals surface area contributed by atoms with Gasteiger partial charge in [-0.3, -0.25) is 0 Å². The van der Waals surface area contributed by atoms with Crippen molar-refractivity contribution in [1.82, 2.24) is 0 Å². The number of benzene rings is 1. The van der Waals surface area contributed by atoms with E-state index in [9.17, 15) is 0 Å². The van der Waals surface area contributed by atoms with Crippen molar-refractivity contribution in [3.05, 3.63) is 25.9 Å². The Morgan fingerprint density at radius 1 is 0.909 bits per heavy atom. The Morgan fingerprint density at radius 3 is 2.00 bits per heavy atom. The third-order valence-corrected chi connectivity index (χ3v) is 7.85. The molecule has 0 bridgehead atoms. The van der Waals surface area contributed by atoms with Crippen molar-refractivity contribution in [1.29, 1.82) is 0 Å². The van der Waals surface area contributed by atoms with Crippen molar-refractivity contribution in [2.75, 3.05) is 0 Å². The Hall–Kier alpha value is 2.14. The second-order valence-electron chi connectivity index (χ2n) is 2.09. The average Bonchev–Trinajstić information content (AvgIpc) is 1.97. The molecule has 1 rings (SSSR count). The maximum atomic E-state index is 2.40. The first-order valence-corrected chi connectivity index (χ1v) is 7.15.